The molecule has 0 bridgehead atoms. The Hall–Kier alpha value is -2.34. The first-order valence-electron chi connectivity index (χ1n) is 7.41. The van der Waals surface area contributed by atoms with Crippen molar-refractivity contribution in [2.24, 2.45) is 0 Å². The predicted molar refractivity (Wildman–Crippen MR) is 92.9 cm³/mol. The fourth-order valence-electron chi connectivity index (χ4n) is 2.80. The van der Waals surface area contributed by atoms with Crippen LogP contribution in [0.3, 0.4) is 0 Å². The van der Waals surface area contributed by atoms with Gasteiger partial charge in [0, 0.05) is 17.1 Å². The predicted octanol–water partition coefficient (Wildman–Crippen LogP) is 3.48. The number of nitrogens with zero attached hydrogens (tertiary/aromatic N) is 1. The summed E-state index contributed by atoms with van der Waals surface area (Å²) in [5, 5.41) is 0. The van der Waals surface area contributed by atoms with Crippen molar-refractivity contribution in [3.05, 3.63) is 58.6 Å². The summed E-state index contributed by atoms with van der Waals surface area (Å²) in [5.74, 6) is -0.00314. The first-order valence-corrected chi connectivity index (χ1v) is 8.21. The second-order valence-corrected chi connectivity index (χ2v) is 6.26. The minimum Gasteiger partial charge on any atom is -0.497 e. The number of hydrogen-bond donors (Lipinski definition) is 0. The van der Waals surface area contributed by atoms with E-state index in [4.69, 9.17) is 9.47 Å². The summed E-state index contributed by atoms with van der Waals surface area (Å²) < 4.78 is 11.3. The fourth-order valence-corrected chi connectivity index (χ4v) is 3.32. The second kappa shape index (κ2) is 6.65. The van der Waals surface area contributed by atoms with Crippen molar-refractivity contribution >= 4 is 33.5 Å². The van der Waals surface area contributed by atoms with E-state index >= 15 is 0 Å². The standard InChI is InChI=1S/C18H16BrNO4/c1-11(21)24-17-16(14-5-3-4-6-15(14)19)20(18(17)22)12-7-9-13(23-2)10-8-12/h3-10,16-17H,1-2H3/t16-,17+/m0/s1. The quantitative estimate of drug-likeness (QED) is 0.593. The molecular weight excluding hydrogens is 374 g/mol. The van der Waals surface area contributed by atoms with Crippen LogP contribution in [0.4, 0.5) is 5.69 Å². The molecule has 1 saturated heterocycles. The van der Waals surface area contributed by atoms with E-state index in [0.717, 1.165) is 15.7 Å². The molecule has 0 aromatic heterocycles. The van der Waals surface area contributed by atoms with Gasteiger partial charge in [0.2, 0.25) is 6.10 Å². The highest BCUT2D eigenvalue weighted by Gasteiger charge is 2.52. The van der Waals surface area contributed by atoms with E-state index in [1.54, 1.807) is 24.1 Å². The van der Waals surface area contributed by atoms with Crippen LogP contribution >= 0.6 is 15.9 Å². The first-order chi connectivity index (χ1) is 11.5. The SMILES string of the molecule is COc1ccc(N2C(=O)[C@H](OC(C)=O)[C@@H]2c2ccccc2Br)cc1. The van der Waals surface area contributed by atoms with E-state index in [1.165, 1.54) is 6.92 Å². The summed E-state index contributed by atoms with van der Waals surface area (Å²) >= 11 is 3.51. The molecular formula is C18H16BrNO4. The van der Waals surface area contributed by atoms with E-state index in [2.05, 4.69) is 15.9 Å². The Bertz CT molecular complexity index is 775. The minimum atomic E-state index is -0.816. The van der Waals surface area contributed by atoms with Crippen molar-refractivity contribution in [3.63, 3.8) is 0 Å². The summed E-state index contributed by atoms with van der Waals surface area (Å²) in [6, 6.07) is 14.4. The smallest absolute Gasteiger partial charge is 0.303 e. The highest BCUT2D eigenvalue weighted by Crippen LogP contribution is 2.43. The number of methoxy groups -OCH3 is 1. The molecule has 1 aliphatic heterocycles. The van der Waals surface area contributed by atoms with Crippen molar-refractivity contribution in [1.29, 1.82) is 0 Å². The van der Waals surface area contributed by atoms with Gasteiger partial charge in [0.25, 0.3) is 5.91 Å². The number of carbonyl (C=O) groups excluding carboxylic acids is 2. The zero-order valence-corrected chi connectivity index (χ0v) is 14.8. The van der Waals surface area contributed by atoms with Gasteiger partial charge in [0.05, 0.1) is 7.11 Å². The first kappa shape index (κ1) is 16.5. The summed E-state index contributed by atoms with van der Waals surface area (Å²) in [7, 11) is 1.59. The lowest BCUT2D eigenvalue weighted by Crippen LogP contribution is -2.60. The molecule has 6 heteroatoms. The average Bonchev–Trinajstić information content (AvgIpc) is 2.58. The summed E-state index contributed by atoms with van der Waals surface area (Å²) in [6.07, 6.45) is -0.816. The van der Waals surface area contributed by atoms with Gasteiger partial charge in [0.1, 0.15) is 11.8 Å². The molecule has 2 atom stereocenters. The summed E-state index contributed by atoms with van der Waals surface area (Å²) in [4.78, 5) is 25.5. The number of amides is 1. The topological polar surface area (TPSA) is 55.8 Å². The van der Waals surface area contributed by atoms with Gasteiger partial charge in [0.15, 0.2) is 0 Å². The average molecular weight is 390 g/mol. The Morgan fingerprint density at radius 3 is 2.38 bits per heavy atom. The van der Waals surface area contributed by atoms with Crippen molar-refractivity contribution in [3.8, 4) is 5.75 Å². The van der Waals surface area contributed by atoms with Crippen LogP contribution in [0.5, 0.6) is 5.75 Å². The van der Waals surface area contributed by atoms with Crippen LogP contribution < -0.4 is 9.64 Å². The minimum absolute atomic E-state index is 0.240. The van der Waals surface area contributed by atoms with Gasteiger partial charge in [-0.05, 0) is 35.9 Å². The Kier molecular flexibility index (Phi) is 4.57. The summed E-state index contributed by atoms with van der Waals surface area (Å²) in [5.41, 5.74) is 1.61. The largest absolute Gasteiger partial charge is 0.497 e. The van der Waals surface area contributed by atoms with E-state index in [1.807, 2.05) is 36.4 Å². The number of ether oxygens (including phenoxy) is 2. The maximum absolute atomic E-state index is 12.5. The molecule has 0 spiro atoms. The number of halogens is 1. The van der Waals surface area contributed by atoms with Crippen molar-refractivity contribution in [1.82, 2.24) is 0 Å². The van der Waals surface area contributed by atoms with Gasteiger partial charge in [-0.2, -0.15) is 0 Å². The number of rotatable bonds is 4. The molecule has 0 radical (unpaired) electrons. The monoisotopic (exact) mass is 389 g/mol. The highest BCUT2D eigenvalue weighted by atomic mass is 79.9. The van der Waals surface area contributed by atoms with Gasteiger partial charge < -0.3 is 9.47 Å². The maximum Gasteiger partial charge on any atom is 0.303 e. The molecule has 0 saturated carbocycles. The van der Waals surface area contributed by atoms with Crippen molar-refractivity contribution < 1.29 is 19.1 Å². The Morgan fingerprint density at radius 1 is 1.12 bits per heavy atom. The third kappa shape index (κ3) is 2.89. The van der Waals surface area contributed by atoms with E-state index in [9.17, 15) is 9.59 Å². The van der Waals surface area contributed by atoms with Gasteiger partial charge >= 0.3 is 5.97 Å². The molecule has 24 heavy (non-hydrogen) atoms. The van der Waals surface area contributed by atoms with Gasteiger partial charge in [-0.25, -0.2) is 0 Å². The lowest BCUT2D eigenvalue weighted by atomic mass is 9.89. The van der Waals surface area contributed by atoms with E-state index in [0.29, 0.717) is 5.75 Å². The maximum atomic E-state index is 12.5. The van der Waals surface area contributed by atoms with E-state index < -0.39 is 12.1 Å². The van der Waals surface area contributed by atoms with Crippen LogP contribution in [0.2, 0.25) is 0 Å². The Labute approximate surface area is 148 Å². The fraction of sp³-hybridized carbons (Fsp3) is 0.222. The molecule has 5 nitrogen and oxygen atoms in total. The molecule has 1 heterocycles. The third-order valence-electron chi connectivity index (χ3n) is 3.91. The van der Waals surface area contributed by atoms with Crippen LogP contribution in [-0.4, -0.2) is 25.1 Å². The molecule has 0 aliphatic carbocycles. The lowest BCUT2D eigenvalue weighted by Gasteiger charge is -2.46. The molecule has 2 aromatic carbocycles. The number of esters is 1. The zero-order chi connectivity index (χ0) is 17.3. The van der Waals surface area contributed by atoms with Crippen LogP contribution in [0.15, 0.2) is 53.0 Å². The van der Waals surface area contributed by atoms with Crippen LogP contribution in [0, 0.1) is 0 Å². The second-order valence-electron chi connectivity index (χ2n) is 5.40. The Morgan fingerprint density at radius 2 is 1.79 bits per heavy atom. The van der Waals surface area contributed by atoms with Crippen LogP contribution in [0.25, 0.3) is 0 Å². The van der Waals surface area contributed by atoms with Crippen LogP contribution in [-0.2, 0) is 14.3 Å². The van der Waals surface area contributed by atoms with Crippen LogP contribution in [0.1, 0.15) is 18.5 Å². The number of carbonyl (C=O) groups is 2. The van der Waals surface area contributed by atoms with Crippen molar-refractivity contribution in [2.75, 3.05) is 12.0 Å². The highest BCUT2D eigenvalue weighted by molar-refractivity contribution is 9.10. The van der Waals surface area contributed by atoms with E-state index in [-0.39, 0.29) is 11.9 Å². The molecule has 3 rings (SSSR count). The molecule has 0 unspecified atom stereocenters. The molecule has 124 valence electrons. The lowest BCUT2D eigenvalue weighted by molar-refractivity contribution is -0.160. The number of β-lactam (4-membered cyclic amide) rings is 1. The number of benzene rings is 2. The third-order valence-corrected chi connectivity index (χ3v) is 4.64. The van der Waals surface area contributed by atoms with Gasteiger partial charge in [-0.3, -0.25) is 14.5 Å². The normalized spacial score (nSPS) is 19.6. The Balaban J connectivity index is 1.99. The number of anilines is 1. The molecule has 1 fully saturated rings. The molecule has 1 amide bonds. The van der Waals surface area contributed by atoms with Gasteiger partial charge in [-0.1, -0.05) is 34.1 Å². The number of hydrogen-bond acceptors (Lipinski definition) is 4. The molecule has 2 aromatic rings. The van der Waals surface area contributed by atoms with Gasteiger partial charge in [-0.15, -0.1) is 0 Å². The summed E-state index contributed by atoms with van der Waals surface area (Å²) in [6.45, 7) is 1.31. The zero-order valence-electron chi connectivity index (χ0n) is 13.2. The molecule has 0 N–H and O–H groups in total. The van der Waals surface area contributed by atoms with Crippen molar-refractivity contribution in [2.45, 2.75) is 19.1 Å². The molecule has 1 aliphatic rings.